The molecule has 2 unspecified atom stereocenters. The van der Waals surface area contributed by atoms with Crippen LogP contribution in [-0.2, 0) is 6.54 Å². The summed E-state index contributed by atoms with van der Waals surface area (Å²) in [6.07, 6.45) is 15.5. The number of benzene rings is 8. The summed E-state index contributed by atoms with van der Waals surface area (Å²) in [4.78, 5) is 20.9. The van der Waals surface area contributed by atoms with E-state index in [0.717, 1.165) is 50.3 Å². The van der Waals surface area contributed by atoms with Crippen LogP contribution in [0.5, 0.6) is 0 Å². The Kier molecular flexibility index (Phi) is 8.68. The highest BCUT2D eigenvalue weighted by Crippen LogP contribution is 2.42. The van der Waals surface area contributed by atoms with Crippen LogP contribution in [0.2, 0.25) is 0 Å². The first kappa shape index (κ1) is 36.8. The van der Waals surface area contributed by atoms with Gasteiger partial charge in [0.05, 0.1) is 5.69 Å². The number of nitrogens with one attached hydrogen (secondary N) is 1. The lowest BCUT2D eigenvalue weighted by Gasteiger charge is -2.33. The number of para-hydroxylation sites is 1. The van der Waals surface area contributed by atoms with Gasteiger partial charge in [0.1, 0.15) is 5.84 Å². The Balaban J connectivity index is 1.02. The molecule has 63 heavy (non-hydrogen) atoms. The zero-order valence-electron chi connectivity index (χ0n) is 34.7. The third kappa shape index (κ3) is 6.66. The van der Waals surface area contributed by atoms with Crippen LogP contribution >= 0.6 is 0 Å². The zero-order valence-corrected chi connectivity index (χ0v) is 34.7. The molecule has 0 saturated carbocycles. The van der Waals surface area contributed by atoms with Gasteiger partial charge in [-0.3, -0.25) is 0 Å². The van der Waals surface area contributed by atoms with Gasteiger partial charge in [0, 0.05) is 40.1 Å². The quantitative estimate of drug-likeness (QED) is 0.170. The van der Waals surface area contributed by atoms with E-state index in [0.29, 0.717) is 24.0 Å². The van der Waals surface area contributed by atoms with Gasteiger partial charge in [-0.1, -0.05) is 177 Å². The smallest absolute Gasteiger partial charge is 0.164 e. The van der Waals surface area contributed by atoms with Crippen molar-refractivity contribution in [3.05, 3.63) is 223 Å². The number of aromatic nitrogens is 3. The second-order valence-electron chi connectivity index (χ2n) is 17.0. The Bertz CT molecular complexity index is 3480. The minimum absolute atomic E-state index is 0.0954. The van der Waals surface area contributed by atoms with Crippen molar-refractivity contribution in [1.82, 2.24) is 20.3 Å². The molecule has 1 aromatic heterocycles. The molecule has 5 heteroatoms. The van der Waals surface area contributed by atoms with Gasteiger partial charge in [0.15, 0.2) is 17.5 Å². The second-order valence-corrected chi connectivity index (χ2v) is 17.0. The molecule has 0 radical (unpaired) electrons. The summed E-state index contributed by atoms with van der Waals surface area (Å²) in [7, 11) is 0. The molecule has 2 heterocycles. The van der Waals surface area contributed by atoms with Crippen molar-refractivity contribution in [2.45, 2.75) is 13.5 Å². The third-order valence-corrected chi connectivity index (χ3v) is 12.9. The summed E-state index contributed by atoms with van der Waals surface area (Å²) < 4.78 is 0. The molecule has 1 N–H and O–H groups in total. The molecule has 3 aliphatic rings. The van der Waals surface area contributed by atoms with Gasteiger partial charge in [-0.15, -0.1) is 0 Å². The maximum atomic E-state index is 5.30. The number of hydrogen-bond donors (Lipinski definition) is 1. The molecule has 0 saturated heterocycles. The van der Waals surface area contributed by atoms with E-state index in [9.17, 15) is 0 Å². The van der Waals surface area contributed by atoms with Crippen molar-refractivity contribution >= 4 is 49.4 Å². The molecule has 0 spiro atoms. The number of fused-ring (bicyclic) bond motifs is 6. The van der Waals surface area contributed by atoms with E-state index in [1.54, 1.807) is 0 Å². The van der Waals surface area contributed by atoms with Crippen LogP contribution in [0.4, 0.5) is 5.69 Å². The Morgan fingerprint density at radius 1 is 0.508 bits per heavy atom. The predicted octanol–water partition coefficient (Wildman–Crippen LogP) is 13.9. The van der Waals surface area contributed by atoms with Crippen molar-refractivity contribution in [1.29, 1.82) is 0 Å². The molecule has 9 aromatic rings. The fourth-order valence-corrected chi connectivity index (χ4v) is 9.40. The highest BCUT2D eigenvalue weighted by Gasteiger charge is 2.31. The average Bonchev–Trinajstić information content (AvgIpc) is 3.35. The Morgan fingerprint density at radius 2 is 1.17 bits per heavy atom. The number of rotatable bonds is 6. The topological polar surface area (TPSA) is 63.1 Å². The van der Waals surface area contributed by atoms with Crippen LogP contribution in [0, 0.1) is 11.3 Å². The van der Waals surface area contributed by atoms with Gasteiger partial charge < -0.3 is 5.32 Å². The lowest BCUT2D eigenvalue weighted by molar-refractivity contribution is 0.454. The number of amidine groups is 1. The Morgan fingerprint density at radius 3 is 2.05 bits per heavy atom. The van der Waals surface area contributed by atoms with Crippen LogP contribution in [0.3, 0.4) is 0 Å². The van der Waals surface area contributed by atoms with Crippen molar-refractivity contribution in [3.63, 3.8) is 0 Å². The third-order valence-electron chi connectivity index (χ3n) is 12.9. The summed E-state index contributed by atoms with van der Waals surface area (Å²) in [5.41, 5.74) is 10.3. The maximum Gasteiger partial charge on any atom is 0.164 e. The second kappa shape index (κ2) is 14.9. The van der Waals surface area contributed by atoms with Gasteiger partial charge in [-0.05, 0) is 96.5 Å². The number of hydrogen-bond acceptors (Lipinski definition) is 5. The predicted molar refractivity (Wildman–Crippen MR) is 261 cm³/mol. The maximum absolute atomic E-state index is 5.30. The van der Waals surface area contributed by atoms with Gasteiger partial charge in [-0.25, -0.2) is 19.9 Å². The first-order valence-corrected chi connectivity index (χ1v) is 21.6. The lowest BCUT2D eigenvalue weighted by Crippen LogP contribution is -2.26. The summed E-state index contributed by atoms with van der Waals surface area (Å²) in [6, 6.07) is 58.4. The molecule has 8 aromatic carbocycles. The summed E-state index contributed by atoms with van der Waals surface area (Å²) in [5.74, 6) is 2.88. The van der Waals surface area contributed by atoms with E-state index in [1.807, 2.05) is 6.07 Å². The lowest BCUT2D eigenvalue weighted by atomic mass is 9.71. The largest absolute Gasteiger partial charge is 0.365 e. The summed E-state index contributed by atoms with van der Waals surface area (Å²) in [5, 5.41) is 10.9. The average molecular weight is 808 g/mol. The van der Waals surface area contributed by atoms with Gasteiger partial charge >= 0.3 is 0 Å². The molecule has 12 rings (SSSR count). The molecule has 5 nitrogen and oxygen atoms in total. The van der Waals surface area contributed by atoms with Crippen LogP contribution in [0.25, 0.3) is 82.9 Å². The molecule has 2 aliphatic carbocycles. The minimum atomic E-state index is -0.0954. The van der Waals surface area contributed by atoms with Crippen LogP contribution in [0.1, 0.15) is 23.9 Å². The van der Waals surface area contributed by atoms with E-state index in [-0.39, 0.29) is 11.3 Å². The minimum Gasteiger partial charge on any atom is -0.365 e. The van der Waals surface area contributed by atoms with Crippen molar-refractivity contribution < 1.29 is 0 Å². The molecule has 298 valence electrons. The molecule has 0 fully saturated rings. The number of aliphatic imine (C=N–C) groups is 1. The van der Waals surface area contributed by atoms with Crippen LogP contribution in [-0.4, -0.2) is 20.8 Å². The molecule has 2 atom stereocenters. The van der Waals surface area contributed by atoms with Gasteiger partial charge in [0.2, 0.25) is 0 Å². The SMILES string of the molecule is CC12C=CC=CC1C=C(c1nc(-c3cc(C4=Nc5ccccc5CN4)cc(-c4ccc(-c5cc6ccccc6c6ccccc56)cc4)c3)nc(-c3ccc4ccccc4c3)n1)C=C2. The van der Waals surface area contributed by atoms with Crippen molar-refractivity contribution in [3.8, 4) is 45.0 Å². The fourth-order valence-electron chi connectivity index (χ4n) is 9.40. The highest BCUT2D eigenvalue weighted by molar-refractivity contribution is 6.14. The Hall–Kier alpha value is -8.02. The van der Waals surface area contributed by atoms with Gasteiger partial charge in [0.25, 0.3) is 0 Å². The van der Waals surface area contributed by atoms with E-state index >= 15 is 0 Å². The van der Waals surface area contributed by atoms with E-state index in [1.165, 1.54) is 43.6 Å². The van der Waals surface area contributed by atoms with Crippen molar-refractivity contribution in [2.75, 3.05) is 0 Å². The Labute approximate surface area is 366 Å². The van der Waals surface area contributed by atoms with Crippen molar-refractivity contribution in [2.24, 2.45) is 16.3 Å². The normalized spacial score (nSPS) is 17.6. The molecular formula is C58H41N5. The molecule has 0 amide bonds. The van der Waals surface area contributed by atoms with Crippen LogP contribution < -0.4 is 5.32 Å². The number of allylic oxidation sites excluding steroid dienone is 8. The zero-order chi connectivity index (χ0) is 41.9. The van der Waals surface area contributed by atoms with Crippen LogP contribution in [0.15, 0.2) is 211 Å². The molecule has 1 aliphatic heterocycles. The standard InChI is InChI=1S/C58H41N5/c1-58-28-11-10-16-48(58)34-43(27-29-58)56-61-55(42-26-23-37-12-2-3-13-40(37)30-42)62-57(63-56)47-32-45(31-46(33-47)54-59-36-44-15-5-9-20-53(44)60-54)38-21-24-39(25-22-38)52-35-41-14-4-6-17-49(41)50-18-7-8-19-51(50)52/h2-35,48H,36H2,1H3,(H,59,60). The van der Waals surface area contributed by atoms with E-state index in [2.05, 4.69) is 212 Å². The van der Waals surface area contributed by atoms with E-state index < -0.39 is 0 Å². The monoisotopic (exact) mass is 807 g/mol. The van der Waals surface area contributed by atoms with E-state index in [4.69, 9.17) is 19.9 Å². The summed E-state index contributed by atoms with van der Waals surface area (Å²) >= 11 is 0. The fraction of sp³-hybridized carbons (Fsp3) is 0.0690. The first-order valence-electron chi connectivity index (χ1n) is 21.6. The summed E-state index contributed by atoms with van der Waals surface area (Å²) in [6.45, 7) is 2.96. The molecule has 0 bridgehead atoms. The first-order chi connectivity index (χ1) is 31.0. The molecular weight excluding hydrogens is 767 g/mol. The number of nitrogens with zero attached hydrogens (tertiary/aromatic N) is 4. The van der Waals surface area contributed by atoms with Gasteiger partial charge in [-0.2, -0.15) is 0 Å². The highest BCUT2D eigenvalue weighted by atomic mass is 15.0.